The minimum absolute atomic E-state index is 0.0376. The van der Waals surface area contributed by atoms with E-state index in [0.717, 1.165) is 43.2 Å². The number of pyridine rings is 1. The minimum Gasteiger partial charge on any atom is -0.393 e. The molecule has 1 atom stereocenters. The summed E-state index contributed by atoms with van der Waals surface area (Å²) in [6, 6.07) is 5.26. The second-order valence-electron chi connectivity index (χ2n) is 8.12. The molecule has 0 spiro atoms. The van der Waals surface area contributed by atoms with Crippen molar-refractivity contribution in [3.63, 3.8) is 0 Å². The summed E-state index contributed by atoms with van der Waals surface area (Å²) in [7, 11) is 0. The van der Waals surface area contributed by atoms with Gasteiger partial charge in [-0.3, -0.25) is 9.59 Å². The van der Waals surface area contributed by atoms with E-state index in [-0.39, 0.29) is 23.7 Å². The lowest BCUT2D eigenvalue weighted by Gasteiger charge is -2.20. The monoisotopic (exact) mass is 426 g/mol. The Kier molecular flexibility index (Phi) is 7.25. The molecule has 6 N–H and O–H groups in total. The Labute approximate surface area is 181 Å². The largest absolute Gasteiger partial charge is 0.393 e. The van der Waals surface area contributed by atoms with Crippen molar-refractivity contribution in [1.82, 2.24) is 10.3 Å². The standard InChI is InChI=1S/C23H30N4O4/c1-13-7-14(2)26-23(31)19(13)11-25-22(30)17-8-15(21(29)12-28)9-20(18(17)10-24)27-16-5-3-4-6-16/h7-10,16,21,24,27-29H,3-6,11-12H2,1-2H3,(H,25,30)(H,26,31). The van der Waals surface area contributed by atoms with E-state index in [1.165, 1.54) is 6.07 Å². The molecule has 3 rings (SSSR count). The lowest BCUT2D eigenvalue weighted by molar-refractivity contribution is 0.0935. The van der Waals surface area contributed by atoms with Crippen LogP contribution in [0, 0.1) is 19.3 Å². The summed E-state index contributed by atoms with van der Waals surface area (Å²) in [6.45, 7) is 3.17. The predicted octanol–water partition coefficient (Wildman–Crippen LogP) is 2.30. The Hall–Kier alpha value is -2.97. The summed E-state index contributed by atoms with van der Waals surface area (Å²) < 4.78 is 0. The number of amides is 1. The molecular formula is C23H30N4O4. The molecule has 1 aromatic carbocycles. The summed E-state index contributed by atoms with van der Waals surface area (Å²) in [6.07, 6.45) is 4.22. The number of carbonyl (C=O) groups excluding carboxylic acids is 1. The van der Waals surface area contributed by atoms with Gasteiger partial charge in [-0.15, -0.1) is 0 Å². The molecule has 1 fully saturated rings. The Bertz CT molecular complexity index is 1020. The Morgan fingerprint density at radius 2 is 2.00 bits per heavy atom. The molecule has 0 bridgehead atoms. The van der Waals surface area contributed by atoms with E-state index in [1.807, 2.05) is 13.0 Å². The van der Waals surface area contributed by atoms with Crippen molar-refractivity contribution in [1.29, 1.82) is 5.41 Å². The molecule has 1 amide bonds. The van der Waals surface area contributed by atoms with E-state index < -0.39 is 18.6 Å². The van der Waals surface area contributed by atoms with Crippen molar-refractivity contribution < 1.29 is 15.0 Å². The van der Waals surface area contributed by atoms with Crippen LogP contribution in [0.15, 0.2) is 23.0 Å². The van der Waals surface area contributed by atoms with Gasteiger partial charge >= 0.3 is 0 Å². The van der Waals surface area contributed by atoms with Crippen molar-refractivity contribution in [2.24, 2.45) is 0 Å². The quantitative estimate of drug-likeness (QED) is 0.360. The van der Waals surface area contributed by atoms with Crippen molar-refractivity contribution in [2.45, 2.75) is 58.2 Å². The highest BCUT2D eigenvalue weighted by Crippen LogP contribution is 2.29. The van der Waals surface area contributed by atoms with Crippen LogP contribution in [0.5, 0.6) is 0 Å². The Balaban J connectivity index is 1.93. The zero-order valence-corrected chi connectivity index (χ0v) is 17.9. The first kappa shape index (κ1) is 22.7. The predicted molar refractivity (Wildman–Crippen MR) is 120 cm³/mol. The van der Waals surface area contributed by atoms with Crippen LogP contribution in [-0.2, 0) is 6.54 Å². The lowest BCUT2D eigenvalue weighted by atomic mass is 9.97. The second kappa shape index (κ2) is 9.89. The maximum absolute atomic E-state index is 13.0. The number of nitrogens with one attached hydrogen (secondary N) is 4. The molecule has 2 aromatic rings. The molecule has 0 aliphatic heterocycles. The maximum atomic E-state index is 13.0. The normalized spacial score (nSPS) is 15.0. The number of aromatic amines is 1. The van der Waals surface area contributed by atoms with Gasteiger partial charge in [0, 0.05) is 41.3 Å². The number of aliphatic hydroxyl groups is 2. The van der Waals surface area contributed by atoms with Crippen LogP contribution in [0.2, 0.25) is 0 Å². The molecule has 1 unspecified atom stereocenters. The van der Waals surface area contributed by atoms with Crippen molar-refractivity contribution in [2.75, 3.05) is 11.9 Å². The number of H-pyrrole nitrogens is 1. The number of carbonyl (C=O) groups is 1. The van der Waals surface area contributed by atoms with Gasteiger partial charge < -0.3 is 31.2 Å². The van der Waals surface area contributed by atoms with Crippen LogP contribution in [0.3, 0.4) is 0 Å². The van der Waals surface area contributed by atoms with Gasteiger partial charge in [0.2, 0.25) is 0 Å². The molecule has 1 aromatic heterocycles. The van der Waals surface area contributed by atoms with Crippen LogP contribution in [0.4, 0.5) is 5.69 Å². The van der Waals surface area contributed by atoms with Gasteiger partial charge in [0.15, 0.2) is 0 Å². The fourth-order valence-electron chi connectivity index (χ4n) is 4.09. The first-order valence-corrected chi connectivity index (χ1v) is 10.6. The molecule has 0 radical (unpaired) electrons. The molecule has 1 aliphatic rings. The highest BCUT2D eigenvalue weighted by atomic mass is 16.3. The van der Waals surface area contributed by atoms with Gasteiger partial charge in [-0.1, -0.05) is 12.8 Å². The van der Waals surface area contributed by atoms with Crippen LogP contribution in [-0.4, -0.2) is 40.0 Å². The van der Waals surface area contributed by atoms with Crippen LogP contribution in [0.25, 0.3) is 0 Å². The summed E-state index contributed by atoms with van der Waals surface area (Å²) in [5, 5.41) is 33.6. The topological polar surface area (TPSA) is 138 Å². The minimum atomic E-state index is -1.14. The average Bonchev–Trinajstić information content (AvgIpc) is 3.24. The Morgan fingerprint density at radius 3 is 2.61 bits per heavy atom. The Morgan fingerprint density at radius 1 is 1.29 bits per heavy atom. The highest BCUT2D eigenvalue weighted by molar-refractivity contribution is 6.05. The first-order valence-electron chi connectivity index (χ1n) is 10.6. The van der Waals surface area contributed by atoms with E-state index in [2.05, 4.69) is 15.6 Å². The van der Waals surface area contributed by atoms with Crippen molar-refractivity contribution in [3.05, 3.63) is 62.1 Å². The number of anilines is 1. The van der Waals surface area contributed by atoms with E-state index in [9.17, 15) is 19.8 Å². The number of benzene rings is 1. The van der Waals surface area contributed by atoms with E-state index in [4.69, 9.17) is 5.41 Å². The van der Waals surface area contributed by atoms with Gasteiger partial charge in [-0.25, -0.2) is 0 Å². The summed E-state index contributed by atoms with van der Waals surface area (Å²) in [5.74, 6) is -0.459. The van der Waals surface area contributed by atoms with Gasteiger partial charge in [0.05, 0.1) is 12.2 Å². The third kappa shape index (κ3) is 5.21. The SMILES string of the molecule is Cc1cc(C)c(CNC(=O)c2cc(C(O)CO)cc(NC3CCCC3)c2C=N)c(=O)[nH]1. The van der Waals surface area contributed by atoms with Crippen molar-refractivity contribution in [3.8, 4) is 0 Å². The summed E-state index contributed by atoms with van der Waals surface area (Å²) in [4.78, 5) is 28.0. The maximum Gasteiger partial charge on any atom is 0.253 e. The van der Waals surface area contributed by atoms with E-state index in [1.54, 1.807) is 13.0 Å². The molecule has 31 heavy (non-hydrogen) atoms. The molecule has 0 saturated heterocycles. The number of aromatic nitrogens is 1. The van der Waals surface area contributed by atoms with Crippen LogP contribution >= 0.6 is 0 Å². The van der Waals surface area contributed by atoms with Crippen LogP contribution < -0.4 is 16.2 Å². The van der Waals surface area contributed by atoms with Gasteiger partial charge in [-0.2, -0.15) is 0 Å². The second-order valence-corrected chi connectivity index (χ2v) is 8.12. The van der Waals surface area contributed by atoms with Gasteiger partial charge in [0.1, 0.15) is 6.10 Å². The molecule has 1 saturated carbocycles. The average molecular weight is 427 g/mol. The van der Waals surface area contributed by atoms with E-state index in [0.29, 0.717) is 22.4 Å². The lowest BCUT2D eigenvalue weighted by Crippen LogP contribution is -2.29. The van der Waals surface area contributed by atoms with Crippen LogP contribution in [0.1, 0.15) is 70.1 Å². The third-order valence-corrected chi connectivity index (χ3v) is 5.78. The molecule has 1 aliphatic carbocycles. The van der Waals surface area contributed by atoms with E-state index >= 15 is 0 Å². The summed E-state index contributed by atoms with van der Waals surface area (Å²) in [5.41, 5.74) is 3.34. The molecule has 8 nitrogen and oxygen atoms in total. The number of rotatable bonds is 8. The first-order chi connectivity index (χ1) is 14.8. The zero-order valence-electron chi connectivity index (χ0n) is 17.9. The smallest absolute Gasteiger partial charge is 0.253 e. The third-order valence-electron chi connectivity index (χ3n) is 5.78. The molecular weight excluding hydrogens is 396 g/mol. The van der Waals surface area contributed by atoms with Gasteiger partial charge in [0.25, 0.3) is 11.5 Å². The van der Waals surface area contributed by atoms with Crippen molar-refractivity contribution >= 4 is 17.8 Å². The zero-order chi connectivity index (χ0) is 22.5. The molecule has 1 heterocycles. The molecule has 166 valence electrons. The number of hydrogen-bond donors (Lipinski definition) is 6. The fourth-order valence-corrected chi connectivity index (χ4v) is 4.09. The summed E-state index contributed by atoms with van der Waals surface area (Å²) >= 11 is 0. The highest BCUT2D eigenvalue weighted by Gasteiger charge is 2.22. The number of aryl methyl sites for hydroxylation is 2. The molecule has 8 heteroatoms. The fraction of sp³-hybridized carbons (Fsp3) is 0.435. The van der Waals surface area contributed by atoms with Gasteiger partial charge in [-0.05, 0) is 56.0 Å². The number of aliphatic hydroxyl groups excluding tert-OH is 2. The number of hydrogen-bond acceptors (Lipinski definition) is 6.